The van der Waals surface area contributed by atoms with Crippen molar-refractivity contribution in [2.75, 3.05) is 13.2 Å². The maximum Gasteiger partial charge on any atom is 0.258 e. The number of aromatic nitrogens is 2. The minimum absolute atomic E-state index is 0.0266. The van der Waals surface area contributed by atoms with Crippen LogP contribution in [-0.2, 0) is 17.8 Å². The number of hydrogen-bond donors (Lipinski definition) is 2. The third-order valence-electron chi connectivity index (χ3n) is 4.02. The second-order valence-corrected chi connectivity index (χ2v) is 6.63. The van der Waals surface area contributed by atoms with Crippen LogP contribution >= 0.6 is 0 Å². The number of aryl methyl sites for hydroxylation is 2. The summed E-state index contributed by atoms with van der Waals surface area (Å²) in [7, 11) is 0. The standard InChI is InChI=1S/C20H27N3O3/c1-13(2)19-22-15(4)17(9-10-24)20(23-19)26-12-18(25)21-11-16-7-5-14(3)6-8-16/h5-8,13,24H,9-12H2,1-4H3,(H,21,25). The summed E-state index contributed by atoms with van der Waals surface area (Å²) >= 11 is 0. The van der Waals surface area contributed by atoms with E-state index < -0.39 is 0 Å². The molecular weight excluding hydrogens is 330 g/mol. The van der Waals surface area contributed by atoms with E-state index in [2.05, 4.69) is 15.3 Å². The lowest BCUT2D eigenvalue weighted by molar-refractivity contribution is -0.123. The van der Waals surface area contributed by atoms with E-state index in [0.717, 1.165) is 16.8 Å². The van der Waals surface area contributed by atoms with Crippen molar-refractivity contribution >= 4 is 5.91 Å². The molecule has 2 aromatic rings. The molecular formula is C20H27N3O3. The Bertz CT molecular complexity index is 743. The normalized spacial score (nSPS) is 10.8. The largest absolute Gasteiger partial charge is 0.467 e. The zero-order chi connectivity index (χ0) is 19.1. The molecule has 1 heterocycles. The number of carbonyl (C=O) groups is 1. The number of amides is 1. The van der Waals surface area contributed by atoms with Crippen LogP contribution in [0.5, 0.6) is 5.88 Å². The van der Waals surface area contributed by atoms with Gasteiger partial charge in [-0.2, -0.15) is 4.98 Å². The van der Waals surface area contributed by atoms with Crippen molar-refractivity contribution < 1.29 is 14.6 Å². The van der Waals surface area contributed by atoms with Crippen LogP contribution in [0.4, 0.5) is 0 Å². The van der Waals surface area contributed by atoms with E-state index in [-0.39, 0.29) is 25.0 Å². The Morgan fingerprint density at radius 3 is 2.50 bits per heavy atom. The molecule has 0 saturated carbocycles. The minimum Gasteiger partial charge on any atom is -0.467 e. The molecule has 0 fully saturated rings. The van der Waals surface area contributed by atoms with Gasteiger partial charge in [0.25, 0.3) is 5.91 Å². The summed E-state index contributed by atoms with van der Waals surface area (Å²) in [6.45, 7) is 8.18. The van der Waals surface area contributed by atoms with Gasteiger partial charge in [-0.1, -0.05) is 43.7 Å². The average molecular weight is 357 g/mol. The molecule has 1 amide bonds. The van der Waals surface area contributed by atoms with Gasteiger partial charge in [0.2, 0.25) is 5.88 Å². The summed E-state index contributed by atoms with van der Waals surface area (Å²) < 4.78 is 5.66. The number of nitrogens with one attached hydrogen (secondary N) is 1. The molecule has 2 rings (SSSR count). The summed E-state index contributed by atoms with van der Waals surface area (Å²) in [6, 6.07) is 7.99. The van der Waals surface area contributed by atoms with Crippen LogP contribution < -0.4 is 10.1 Å². The molecule has 0 atom stereocenters. The minimum atomic E-state index is -0.220. The highest BCUT2D eigenvalue weighted by Gasteiger charge is 2.15. The van der Waals surface area contributed by atoms with Crippen LogP contribution in [0.1, 0.15) is 48.0 Å². The molecule has 1 aromatic heterocycles. The van der Waals surface area contributed by atoms with Crippen molar-refractivity contribution in [3.63, 3.8) is 0 Å². The third kappa shape index (κ3) is 5.52. The molecule has 0 spiro atoms. The quantitative estimate of drug-likeness (QED) is 0.758. The lowest BCUT2D eigenvalue weighted by Gasteiger charge is -2.15. The third-order valence-corrected chi connectivity index (χ3v) is 4.02. The van der Waals surface area contributed by atoms with E-state index in [4.69, 9.17) is 4.74 Å². The van der Waals surface area contributed by atoms with Crippen molar-refractivity contribution in [2.24, 2.45) is 0 Å². The molecule has 0 unspecified atom stereocenters. The van der Waals surface area contributed by atoms with Gasteiger partial charge in [0.05, 0.1) is 0 Å². The molecule has 140 valence electrons. The first-order valence-corrected chi connectivity index (χ1v) is 8.84. The maximum atomic E-state index is 12.1. The number of nitrogens with zero attached hydrogens (tertiary/aromatic N) is 2. The Kier molecular flexibility index (Phi) is 7.09. The fourth-order valence-corrected chi connectivity index (χ4v) is 2.46. The van der Waals surface area contributed by atoms with Crippen LogP contribution in [0.3, 0.4) is 0 Å². The van der Waals surface area contributed by atoms with Crippen molar-refractivity contribution in [2.45, 2.75) is 46.6 Å². The van der Waals surface area contributed by atoms with E-state index >= 15 is 0 Å². The van der Waals surface area contributed by atoms with Crippen molar-refractivity contribution in [3.8, 4) is 5.88 Å². The fraction of sp³-hybridized carbons (Fsp3) is 0.450. The summed E-state index contributed by atoms with van der Waals surface area (Å²) in [6.07, 6.45) is 0.393. The van der Waals surface area contributed by atoms with E-state index in [1.165, 1.54) is 5.56 Å². The number of aliphatic hydroxyl groups is 1. The number of rotatable bonds is 8. The van der Waals surface area contributed by atoms with Crippen LogP contribution in [0.25, 0.3) is 0 Å². The first kappa shape index (κ1) is 19.8. The van der Waals surface area contributed by atoms with Gasteiger partial charge in [-0.25, -0.2) is 4.98 Å². The molecule has 0 aliphatic heterocycles. The number of benzene rings is 1. The first-order valence-electron chi connectivity index (χ1n) is 8.84. The predicted octanol–water partition coefficient (Wildman–Crippen LogP) is 2.45. The van der Waals surface area contributed by atoms with Crippen LogP contribution in [0, 0.1) is 13.8 Å². The fourth-order valence-electron chi connectivity index (χ4n) is 2.46. The second kappa shape index (κ2) is 9.29. The zero-order valence-electron chi connectivity index (χ0n) is 15.9. The van der Waals surface area contributed by atoms with E-state index in [0.29, 0.717) is 24.7 Å². The molecule has 0 bridgehead atoms. The van der Waals surface area contributed by atoms with Gasteiger partial charge in [-0.05, 0) is 19.4 Å². The van der Waals surface area contributed by atoms with Gasteiger partial charge < -0.3 is 15.2 Å². The van der Waals surface area contributed by atoms with E-state index in [1.54, 1.807) is 0 Å². The van der Waals surface area contributed by atoms with Crippen molar-refractivity contribution in [1.82, 2.24) is 15.3 Å². The highest BCUT2D eigenvalue weighted by molar-refractivity contribution is 5.77. The van der Waals surface area contributed by atoms with E-state index in [9.17, 15) is 9.90 Å². The number of carbonyl (C=O) groups excluding carboxylic acids is 1. The number of aliphatic hydroxyl groups excluding tert-OH is 1. The maximum absolute atomic E-state index is 12.1. The second-order valence-electron chi connectivity index (χ2n) is 6.63. The molecule has 1 aromatic carbocycles. The van der Waals surface area contributed by atoms with Gasteiger partial charge >= 0.3 is 0 Å². The smallest absolute Gasteiger partial charge is 0.258 e. The van der Waals surface area contributed by atoms with Gasteiger partial charge in [-0.15, -0.1) is 0 Å². The van der Waals surface area contributed by atoms with Gasteiger partial charge in [-0.3, -0.25) is 4.79 Å². The lowest BCUT2D eigenvalue weighted by Crippen LogP contribution is -2.29. The molecule has 6 nitrogen and oxygen atoms in total. The van der Waals surface area contributed by atoms with Crippen molar-refractivity contribution in [3.05, 3.63) is 52.5 Å². The lowest BCUT2D eigenvalue weighted by atomic mass is 10.1. The molecule has 2 N–H and O–H groups in total. The average Bonchev–Trinajstić information content (AvgIpc) is 2.61. The molecule has 6 heteroatoms. The Balaban J connectivity index is 2.00. The number of hydrogen-bond acceptors (Lipinski definition) is 5. The monoisotopic (exact) mass is 357 g/mol. The van der Waals surface area contributed by atoms with Crippen LogP contribution in [0.2, 0.25) is 0 Å². The van der Waals surface area contributed by atoms with E-state index in [1.807, 2.05) is 52.0 Å². The molecule has 0 saturated heterocycles. The Labute approximate surface area is 154 Å². The molecule has 26 heavy (non-hydrogen) atoms. The van der Waals surface area contributed by atoms with Crippen LogP contribution in [0.15, 0.2) is 24.3 Å². The molecule has 0 aliphatic carbocycles. The summed E-state index contributed by atoms with van der Waals surface area (Å²) in [5, 5.41) is 12.1. The Morgan fingerprint density at radius 1 is 1.19 bits per heavy atom. The predicted molar refractivity (Wildman–Crippen MR) is 100 cm³/mol. The SMILES string of the molecule is Cc1ccc(CNC(=O)COc2nc(C(C)C)nc(C)c2CCO)cc1. The zero-order valence-corrected chi connectivity index (χ0v) is 15.9. The summed E-state index contributed by atoms with van der Waals surface area (Å²) in [5.74, 6) is 0.970. The number of ether oxygens (including phenoxy) is 1. The first-order chi connectivity index (χ1) is 12.4. The Morgan fingerprint density at radius 2 is 1.88 bits per heavy atom. The molecule has 0 radical (unpaired) electrons. The van der Waals surface area contributed by atoms with Gasteiger partial charge in [0.1, 0.15) is 5.82 Å². The highest BCUT2D eigenvalue weighted by Crippen LogP contribution is 2.22. The topological polar surface area (TPSA) is 84.3 Å². The summed E-state index contributed by atoms with van der Waals surface area (Å²) in [4.78, 5) is 21.0. The van der Waals surface area contributed by atoms with Crippen molar-refractivity contribution in [1.29, 1.82) is 0 Å². The van der Waals surface area contributed by atoms with Gasteiger partial charge in [0, 0.05) is 36.7 Å². The van der Waals surface area contributed by atoms with Crippen LogP contribution in [-0.4, -0.2) is 34.2 Å². The highest BCUT2D eigenvalue weighted by atomic mass is 16.5. The summed E-state index contributed by atoms with van der Waals surface area (Å²) in [5.41, 5.74) is 3.72. The Hall–Kier alpha value is -2.47. The van der Waals surface area contributed by atoms with Gasteiger partial charge in [0.15, 0.2) is 6.61 Å². The molecule has 0 aliphatic rings.